The van der Waals surface area contributed by atoms with E-state index in [1.54, 1.807) is 11.8 Å². The van der Waals surface area contributed by atoms with Gasteiger partial charge in [0.25, 0.3) is 0 Å². The Labute approximate surface area is 107 Å². The van der Waals surface area contributed by atoms with Gasteiger partial charge in [-0.2, -0.15) is 0 Å². The fraction of sp³-hybridized carbons (Fsp3) is 0.667. The van der Waals surface area contributed by atoms with Gasteiger partial charge in [0.15, 0.2) is 0 Å². The van der Waals surface area contributed by atoms with Crippen LogP contribution in [0.25, 0.3) is 0 Å². The van der Waals surface area contributed by atoms with Crippen molar-refractivity contribution in [2.45, 2.75) is 37.3 Å². The first-order valence-electron chi connectivity index (χ1n) is 6.20. The third kappa shape index (κ3) is 4.16. The number of rotatable bonds is 6. The average molecular weight is 253 g/mol. The van der Waals surface area contributed by atoms with Gasteiger partial charge < -0.3 is 10.1 Å². The van der Waals surface area contributed by atoms with Gasteiger partial charge in [0.1, 0.15) is 5.03 Å². The molecule has 2 heterocycles. The van der Waals surface area contributed by atoms with Crippen LogP contribution >= 0.6 is 11.8 Å². The van der Waals surface area contributed by atoms with Gasteiger partial charge >= 0.3 is 0 Å². The molecule has 0 aliphatic carbocycles. The Bertz CT molecular complexity index is 342. The van der Waals surface area contributed by atoms with Crippen LogP contribution < -0.4 is 5.32 Å². The Balaban J connectivity index is 1.82. The molecule has 1 aliphatic heterocycles. The molecule has 1 aromatic rings. The third-order valence-corrected chi connectivity index (χ3v) is 3.67. The summed E-state index contributed by atoms with van der Waals surface area (Å²) in [5.74, 6) is 1.72. The molecule has 17 heavy (non-hydrogen) atoms. The molecular formula is C12H19N3OS. The Kier molecular flexibility index (Phi) is 5.07. The Morgan fingerprint density at radius 2 is 2.53 bits per heavy atom. The van der Waals surface area contributed by atoms with E-state index in [2.05, 4.69) is 22.2 Å². The topological polar surface area (TPSA) is 47.0 Å². The van der Waals surface area contributed by atoms with Gasteiger partial charge in [-0.15, -0.1) is 11.8 Å². The largest absolute Gasteiger partial charge is 0.377 e. The standard InChI is InChI=1S/C12H19N3OS/c1-2-6-13-12-14-7-5-11(15-12)17-9-10-4-3-8-16-10/h5,7,10H,2-4,6,8-9H2,1H3,(H,13,14,15). The summed E-state index contributed by atoms with van der Waals surface area (Å²) >= 11 is 1.75. The van der Waals surface area contributed by atoms with Gasteiger partial charge in [0.2, 0.25) is 5.95 Å². The van der Waals surface area contributed by atoms with E-state index < -0.39 is 0 Å². The molecule has 1 N–H and O–H groups in total. The highest BCUT2D eigenvalue weighted by atomic mass is 32.2. The van der Waals surface area contributed by atoms with E-state index in [0.717, 1.165) is 36.3 Å². The molecule has 1 fully saturated rings. The van der Waals surface area contributed by atoms with Crippen LogP contribution in [0.1, 0.15) is 26.2 Å². The Morgan fingerprint density at radius 3 is 3.29 bits per heavy atom. The fourth-order valence-corrected chi connectivity index (χ4v) is 2.63. The highest BCUT2D eigenvalue weighted by Gasteiger charge is 2.15. The predicted molar refractivity (Wildman–Crippen MR) is 70.5 cm³/mol. The molecule has 0 saturated carbocycles. The maximum absolute atomic E-state index is 5.59. The van der Waals surface area contributed by atoms with Crippen molar-refractivity contribution in [3.05, 3.63) is 12.3 Å². The summed E-state index contributed by atoms with van der Waals surface area (Å²) in [6, 6.07) is 1.96. The molecule has 1 saturated heterocycles. The molecule has 1 unspecified atom stereocenters. The van der Waals surface area contributed by atoms with Gasteiger partial charge in [0.05, 0.1) is 6.10 Å². The second kappa shape index (κ2) is 6.81. The number of anilines is 1. The van der Waals surface area contributed by atoms with Crippen molar-refractivity contribution in [3.8, 4) is 0 Å². The maximum Gasteiger partial charge on any atom is 0.223 e. The van der Waals surface area contributed by atoms with E-state index in [1.807, 2.05) is 12.3 Å². The Morgan fingerprint density at radius 1 is 1.59 bits per heavy atom. The quantitative estimate of drug-likeness (QED) is 0.623. The van der Waals surface area contributed by atoms with E-state index >= 15 is 0 Å². The first kappa shape index (κ1) is 12.6. The van der Waals surface area contributed by atoms with E-state index in [9.17, 15) is 0 Å². The third-order valence-electron chi connectivity index (χ3n) is 2.60. The molecule has 1 aliphatic rings. The summed E-state index contributed by atoms with van der Waals surface area (Å²) in [6.07, 6.45) is 5.67. The van der Waals surface area contributed by atoms with E-state index in [1.165, 1.54) is 12.8 Å². The van der Waals surface area contributed by atoms with Gasteiger partial charge in [-0.3, -0.25) is 0 Å². The zero-order valence-corrected chi connectivity index (χ0v) is 11.0. The molecule has 0 spiro atoms. The molecule has 0 amide bonds. The summed E-state index contributed by atoms with van der Waals surface area (Å²) in [6.45, 7) is 3.96. The van der Waals surface area contributed by atoms with Crippen molar-refractivity contribution in [2.75, 3.05) is 24.2 Å². The summed E-state index contributed by atoms with van der Waals surface area (Å²) in [5.41, 5.74) is 0. The summed E-state index contributed by atoms with van der Waals surface area (Å²) < 4.78 is 5.59. The minimum absolute atomic E-state index is 0.405. The molecule has 0 aromatic carbocycles. The smallest absolute Gasteiger partial charge is 0.223 e. The summed E-state index contributed by atoms with van der Waals surface area (Å²) in [4.78, 5) is 8.65. The lowest BCUT2D eigenvalue weighted by Gasteiger charge is -2.08. The second-order valence-electron chi connectivity index (χ2n) is 4.09. The van der Waals surface area contributed by atoms with Crippen molar-refractivity contribution in [1.82, 2.24) is 9.97 Å². The number of hydrogen-bond acceptors (Lipinski definition) is 5. The molecule has 1 aromatic heterocycles. The predicted octanol–water partition coefficient (Wildman–Crippen LogP) is 2.57. The van der Waals surface area contributed by atoms with Gasteiger partial charge in [-0.05, 0) is 25.3 Å². The van der Waals surface area contributed by atoms with Gasteiger partial charge in [-0.1, -0.05) is 6.92 Å². The molecule has 0 radical (unpaired) electrons. The zero-order chi connectivity index (χ0) is 11.9. The number of hydrogen-bond donors (Lipinski definition) is 1. The van der Waals surface area contributed by atoms with Crippen LogP contribution in [0.5, 0.6) is 0 Å². The van der Waals surface area contributed by atoms with Gasteiger partial charge in [-0.25, -0.2) is 9.97 Å². The zero-order valence-electron chi connectivity index (χ0n) is 10.2. The van der Waals surface area contributed by atoms with Crippen molar-refractivity contribution in [3.63, 3.8) is 0 Å². The van der Waals surface area contributed by atoms with Crippen LogP contribution in [-0.4, -0.2) is 35.0 Å². The minimum Gasteiger partial charge on any atom is -0.377 e. The SMILES string of the molecule is CCCNc1nccc(SCC2CCCO2)n1. The van der Waals surface area contributed by atoms with Crippen molar-refractivity contribution in [2.24, 2.45) is 0 Å². The molecule has 2 rings (SSSR count). The minimum atomic E-state index is 0.405. The van der Waals surface area contributed by atoms with Crippen LogP contribution in [0, 0.1) is 0 Å². The molecule has 5 heteroatoms. The second-order valence-corrected chi connectivity index (χ2v) is 5.13. The van der Waals surface area contributed by atoms with Crippen LogP contribution in [0.2, 0.25) is 0 Å². The van der Waals surface area contributed by atoms with Crippen molar-refractivity contribution >= 4 is 17.7 Å². The van der Waals surface area contributed by atoms with Crippen LogP contribution in [0.3, 0.4) is 0 Å². The number of aromatic nitrogens is 2. The van der Waals surface area contributed by atoms with Crippen molar-refractivity contribution in [1.29, 1.82) is 0 Å². The van der Waals surface area contributed by atoms with E-state index in [-0.39, 0.29) is 0 Å². The monoisotopic (exact) mass is 253 g/mol. The number of nitrogens with zero attached hydrogens (tertiary/aromatic N) is 2. The molecular weight excluding hydrogens is 234 g/mol. The van der Waals surface area contributed by atoms with Crippen LogP contribution in [0.4, 0.5) is 5.95 Å². The van der Waals surface area contributed by atoms with E-state index in [4.69, 9.17) is 4.74 Å². The number of ether oxygens (including phenoxy) is 1. The molecule has 1 atom stereocenters. The van der Waals surface area contributed by atoms with E-state index in [0.29, 0.717) is 6.10 Å². The maximum atomic E-state index is 5.59. The van der Waals surface area contributed by atoms with Crippen molar-refractivity contribution < 1.29 is 4.74 Å². The van der Waals surface area contributed by atoms with Gasteiger partial charge in [0, 0.05) is 25.1 Å². The van der Waals surface area contributed by atoms with Crippen LogP contribution in [-0.2, 0) is 4.74 Å². The molecule has 0 bridgehead atoms. The molecule has 4 nitrogen and oxygen atoms in total. The summed E-state index contributed by atoms with van der Waals surface area (Å²) in [5, 5.41) is 4.22. The summed E-state index contributed by atoms with van der Waals surface area (Å²) in [7, 11) is 0. The Hall–Kier alpha value is -0.810. The fourth-order valence-electron chi connectivity index (χ4n) is 1.70. The highest BCUT2D eigenvalue weighted by Crippen LogP contribution is 2.22. The number of nitrogens with one attached hydrogen (secondary N) is 1. The normalized spacial score (nSPS) is 19.5. The first-order chi connectivity index (χ1) is 8.38. The molecule has 94 valence electrons. The average Bonchev–Trinajstić information content (AvgIpc) is 2.87. The first-order valence-corrected chi connectivity index (χ1v) is 7.18. The lowest BCUT2D eigenvalue weighted by atomic mass is 10.3. The number of thioether (sulfide) groups is 1. The van der Waals surface area contributed by atoms with Crippen LogP contribution in [0.15, 0.2) is 17.3 Å². The lowest BCUT2D eigenvalue weighted by Crippen LogP contribution is -2.08. The lowest BCUT2D eigenvalue weighted by molar-refractivity contribution is 0.129. The highest BCUT2D eigenvalue weighted by molar-refractivity contribution is 7.99.